The largest absolute Gasteiger partial charge is 0.494 e. The first-order valence-corrected chi connectivity index (χ1v) is 6.72. The van der Waals surface area contributed by atoms with E-state index in [9.17, 15) is 4.79 Å². The van der Waals surface area contributed by atoms with E-state index in [2.05, 4.69) is 10.3 Å². The molecule has 0 unspecified atom stereocenters. The summed E-state index contributed by atoms with van der Waals surface area (Å²) in [6, 6.07) is 7.89. The molecule has 2 aromatic rings. The van der Waals surface area contributed by atoms with E-state index in [1.54, 1.807) is 11.3 Å². The first-order chi connectivity index (χ1) is 9.33. The zero-order chi connectivity index (χ0) is 13.1. The first kappa shape index (κ1) is 12.0. The predicted octanol–water partition coefficient (Wildman–Crippen LogP) is 1.80. The van der Waals surface area contributed by atoms with Crippen LogP contribution in [0.4, 0.5) is 0 Å². The molecule has 1 aromatic carbocycles. The number of benzene rings is 1. The zero-order valence-corrected chi connectivity index (χ0v) is 10.9. The van der Waals surface area contributed by atoms with E-state index >= 15 is 0 Å². The van der Waals surface area contributed by atoms with Gasteiger partial charge in [0.25, 0.3) is 5.91 Å². The van der Waals surface area contributed by atoms with Gasteiger partial charge in [-0.3, -0.25) is 4.79 Å². The Balaban J connectivity index is 1.65. The smallest absolute Gasteiger partial charge is 0.289 e. The van der Waals surface area contributed by atoms with E-state index in [1.807, 2.05) is 24.3 Å². The number of amides is 1. The SMILES string of the molecule is O=C(NCc1nc2ccccc2s1)C1=COCCO1. The Labute approximate surface area is 113 Å². The van der Waals surface area contributed by atoms with E-state index < -0.39 is 0 Å². The van der Waals surface area contributed by atoms with Gasteiger partial charge < -0.3 is 14.8 Å². The Bertz CT molecular complexity index is 603. The van der Waals surface area contributed by atoms with Gasteiger partial charge in [0.15, 0.2) is 0 Å². The summed E-state index contributed by atoms with van der Waals surface area (Å²) in [5.74, 6) is -0.0636. The normalized spacial score (nSPS) is 14.4. The Morgan fingerprint density at radius 3 is 3.05 bits per heavy atom. The highest BCUT2D eigenvalue weighted by molar-refractivity contribution is 7.18. The quantitative estimate of drug-likeness (QED) is 0.928. The van der Waals surface area contributed by atoms with E-state index in [1.165, 1.54) is 6.26 Å². The number of carbonyl (C=O) groups is 1. The molecule has 0 spiro atoms. The fourth-order valence-corrected chi connectivity index (χ4v) is 2.63. The monoisotopic (exact) mass is 276 g/mol. The van der Waals surface area contributed by atoms with Crippen molar-refractivity contribution in [3.63, 3.8) is 0 Å². The molecule has 1 N–H and O–H groups in total. The number of para-hydroxylation sites is 1. The minimum absolute atomic E-state index is 0.215. The third kappa shape index (κ3) is 2.68. The number of ether oxygens (including phenoxy) is 2. The number of carbonyl (C=O) groups excluding carboxylic acids is 1. The highest BCUT2D eigenvalue weighted by atomic mass is 32.1. The topological polar surface area (TPSA) is 60.5 Å². The maximum absolute atomic E-state index is 11.8. The summed E-state index contributed by atoms with van der Waals surface area (Å²) in [6.07, 6.45) is 1.34. The second-order valence-corrected chi connectivity index (χ2v) is 5.07. The lowest BCUT2D eigenvalue weighted by atomic mass is 10.3. The highest BCUT2D eigenvalue weighted by Gasteiger charge is 2.15. The van der Waals surface area contributed by atoms with Crippen molar-refractivity contribution in [3.8, 4) is 0 Å². The molecule has 1 aliphatic rings. The number of hydrogen-bond acceptors (Lipinski definition) is 5. The Hall–Kier alpha value is -2.08. The molecular formula is C13H12N2O3S. The third-order valence-corrected chi connectivity index (χ3v) is 3.65. The van der Waals surface area contributed by atoms with E-state index in [4.69, 9.17) is 9.47 Å². The van der Waals surface area contributed by atoms with Crippen LogP contribution in [0.2, 0.25) is 0 Å². The summed E-state index contributed by atoms with van der Waals surface area (Å²) in [6.45, 7) is 1.27. The summed E-state index contributed by atoms with van der Waals surface area (Å²) in [5.41, 5.74) is 0.952. The number of thiazole rings is 1. The van der Waals surface area contributed by atoms with Crippen LogP contribution in [-0.4, -0.2) is 24.1 Å². The maximum atomic E-state index is 11.8. The minimum atomic E-state index is -0.279. The van der Waals surface area contributed by atoms with Crippen molar-refractivity contribution in [2.45, 2.75) is 6.54 Å². The van der Waals surface area contributed by atoms with E-state index in [0.29, 0.717) is 19.8 Å². The van der Waals surface area contributed by atoms with Gasteiger partial charge in [-0.05, 0) is 12.1 Å². The highest BCUT2D eigenvalue weighted by Crippen LogP contribution is 2.21. The van der Waals surface area contributed by atoms with Gasteiger partial charge in [-0.25, -0.2) is 4.98 Å². The van der Waals surface area contributed by atoms with Crippen LogP contribution in [0.15, 0.2) is 36.3 Å². The van der Waals surface area contributed by atoms with Gasteiger partial charge in [-0.15, -0.1) is 11.3 Å². The molecular weight excluding hydrogens is 264 g/mol. The average molecular weight is 276 g/mol. The summed E-state index contributed by atoms with van der Waals surface area (Å²) in [7, 11) is 0. The molecule has 2 heterocycles. The van der Waals surface area contributed by atoms with Gasteiger partial charge in [-0.2, -0.15) is 0 Å². The molecule has 19 heavy (non-hydrogen) atoms. The number of aromatic nitrogens is 1. The number of fused-ring (bicyclic) bond motifs is 1. The lowest BCUT2D eigenvalue weighted by Gasteiger charge is -2.14. The molecule has 1 aliphatic heterocycles. The number of rotatable bonds is 3. The maximum Gasteiger partial charge on any atom is 0.289 e. The second-order valence-electron chi connectivity index (χ2n) is 3.96. The van der Waals surface area contributed by atoms with Gasteiger partial charge in [0, 0.05) is 0 Å². The number of hydrogen-bond donors (Lipinski definition) is 1. The molecule has 98 valence electrons. The van der Waals surface area contributed by atoms with Crippen molar-refractivity contribution < 1.29 is 14.3 Å². The molecule has 1 amide bonds. The van der Waals surface area contributed by atoms with Crippen molar-refractivity contribution in [1.82, 2.24) is 10.3 Å². The fraction of sp³-hybridized carbons (Fsp3) is 0.231. The summed E-state index contributed by atoms with van der Waals surface area (Å²) < 4.78 is 11.4. The van der Waals surface area contributed by atoms with Crippen LogP contribution in [0.5, 0.6) is 0 Å². The molecule has 3 rings (SSSR count). The number of nitrogens with zero attached hydrogens (tertiary/aromatic N) is 1. The van der Waals surface area contributed by atoms with Crippen molar-refractivity contribution >= 4 is 27.5 Å². The van der Waals surface area contributed by atoms with E-state index in [0.717, 1.165) is 15.2 Å². The molecule has 0 saturated heterocycles. The summed E-state index contributed by atoms with van der Waals surface area (Å²) in [4.78, 5) is 16.2. The van der Waals surface area contributed by atoms with Crippen LogP contribution in [-0.2, 0) is 20.8 Å². The van der Waals surface area contributed by atoms with Crippen molar-refractivity contribution in [3.05, 3.63) is 41.3 Å². The van der Waals surface area contributed by atoms with Crippen LogP contribution in [0.3, 0.4) is 0 Å². The lowest BCUT2D eigenvalue weighted by Crippen LogP contribution is -2.27. The summed E-state index contributed by atoms with van der Waals surface area (Å²) in [5, 5.41) is 3.63. The van der Waals surface area contributed by atoms with Crippen LogP contribution in [0.1, 0.15) is 5.01 Å². The predicted molar refractivity (Wildman–Crippen MR) is 71.5 cm³/mol. The molecule has 0 saturated carbocycles. The zero-order valence-electron chi connectivity index (χ0n) is 10.1. The van der Waals surface area contributed by atoms with Crippen molar-refractivity contribution in [1.29, 1.82) is 0 Å². The fourth-order valence-electron chi connectivity index (χ4n) is 1.73. The van der Waals surface area contributed by atoms with Gasteiger partial charge in [0.2, 0.25) is 5.76 Å². The van der Waals surface area contributed by atoms with Gasteiger partial charge >= 0.3 is 0 Å². The molecule has 1 aromatic heterocycles. The Morgan fingerprint density at radius 2 is 2.26 bits per heavy atom. The van der Waals surface area contributed by atoms with Crippen LogP contribution in [0.25, 0.3) is 10.2 Å². The van der Waals surface area contributed by atoms with Crippen molar-refractivity contribution in [2.24, 2.45) is 0 Å². The molecule has 5 nitrogen and oxygen atoms in total. The van der Waals surface area contributed by atoms with Gasteiger partial charge in [0.05, 0.1) is 16.8 Å². The molecule has 0 fully saturated rings. The first-order valence-electron chi connectivity index (χ1n) is 5.90. The molecule has 0 atom stereocenters. The van der Waals surface area contributed by atoms with E-state index in [-0.39, 0.29) is 11.7 Å². The second kappa shape index (κ2) is 5.27. The molecule has 6 heteroatoms. The molecule has 0 bridgehead atoms. The lowest BCUT2D eigenvalue weighted by molar-refractivity contribution is -0.122. The molecule has 0 radical (unpaired) electrons. The minimum Gasteiger partial charge on any atom is -0.494 e. The van der Waals surface area contributed by atoms with Crippen LogP contribution >= 0.6 is 11.3 Å². The number of nitrogens with one attached hydrogen (secondary N) is 1. The van der Waals surface area contributed by atoms with Crippen LogP contribution in [0, 0.1) is 0 Å². The summed E-state index contributed by atoms with van der Waals surface area (Å²) >= 11 is 1.57. The van der Waals surface area contributed by atoms with Crippen molar-refractivity contribution in [2.75, 3.05) is 13.2 Å². The Kier molecular flexibility index (Phi) is 3.33. The molecule has 0 aliphatic carbocycles. The standard InChI is InChI=1S/C13H12N2O3S/c16-13(10-8-17-5-6-18-10)14-7-12-15-9-3-1-2-4-11(9)19-12/h1-4,8H,5-7H2,(H,14,16). The van der Waals surface area contributed by atoms with Gasteiger partial charge in [0.1, 0.15) is 24.5 Å². The Morgan fingerprint density at radius 1 is 1.37 bits per heavy atom. The average Bonchev–Trinajstić information content (AvgIpc) is 2.88. The third-order valence-electron chi connectivity index (χ3n) is 2.61. The van der Waals surface area contributed by atoms with Crippen LogP contribution < -0.4 is 5.32 Å². The van der Waals surface area contributed by atoms with Gasteiger partial charge in [-0.1, -0.05) is 12.1 Å².